The molecule has 3 aromatic rings. The van der Waals surface area contributed by atoms with E-state index in [1.54, 1.807) is 18.4 Å². The van der Waals surface area contributed by atoms with Gasteiger partial charge < -0.3 is 9.32 Å². The molecular formula is C20H20ClN5O2S. The Morgan fingerprint density at radius 3 is 2.59 bits per heavy atom. The van der Waals surface area contributed by atoms with E-state index in [4.69, 9.17) is 16.0 Å². The Bertz CT molecular complexity index is 1010. The Morgan fingerprint density at radius 2 is 1.93 bits per heavy atom. The van der Waals surface area contributed by atoms with E-state index in [2.05, 4.69) is 26.9 Å². The molecule has 0 bridgehead atoms. The third kappa shape index (κ3) is 3.50. The van der Waals surface area contributed by atoms with E-state index in [9.17, 15) is 4.79 Å². The Morgan fingerprint density at radius 1 is 1.17 bits per heavy atom. The fraction of sp³-hybridized carbons (Fsp3) is 0.350. The molecule has 0 spiro atoms. The quantitative estimate of drug-likeness (QED) is 0.630. The Balaban J connectivity index is 1.46. The summed E-state index contributed by atoms with van der Waals surface area (Å²) < 4.78 is 6.79. The molecule has 0 amide bonds. The molecule has 2 unspecified atom stereocenters. The SMILES string of the molecule is CN1CCN(C(c2ccc(Cl)cc2)C2Sc3nc(-c4ccco4)nn3C2=O)CC1. The minimum Gasteiger partial charge on any atom is -0.461 e. The van der Waals surface area contributed by atoms with Crippen molar-refractivity contribution in [3.05, 3.63) is 53.2 Å². The van der Waals surface area contributed by atoms with E-state index in [1.807, 2.05) is 24.3 Å². The summed E-state index contributed by atoms with van der Waals surface area (Å²) in [6, 6.07) is 11.3. The number of aromatic nitrogens is 3. The van der Waals surface area contributed by atoms with Gasteiger partial charge in [0.15, 0.2) is 10.9 Å². The number of rotatable bonds is 4. The first kappa shape index (κ1) is 18.9. The molecule has 1 aromatic carbocycles. The van der Waals surface area contributed by atoms with Gasteiger partial charge >= 0.3 is 0 Å². The van der Waals surface area contributed by atoms with Crippen molar-refractivity contribution in [2.75, 3.05) is 33.2 Å². The highest BCUT2D eigenvalue weighted by Gasteiger charge is 2.43. The summed E-state index contributed by atoms with van der Waals surface area (Å²) in [5.41, 5.74) is 1.09. The van der Waals surface area contributed by atoms with Crippen LogP contribution < -0.4 is 0 Å². The van der Waals surface area contributed by atoms with Crippen molar-refractivity contribution in [1.29, 1.82) is 0 Å². The van der Waals surface area contributed by atoms with Gasteiger partial charge in [-0.2, -0.15) is 9.67 Å². The van der Waals surface area contributed by atoms with Crippen LogP contribution >= 0.6 is 23.4 Å². The number of hydrogen-bond acceptors (Lipinski definition) is 7. The van der Waals surface area contributed by atoms with Crippen molar-refractivity contribution < 1.29 is 9.21 Å². The fourth-order valence-electron chi connectivity index (χ4n) is 3.85. The van der Waals surface area contributed by atoms with Crippen LogP contribution in [0.1, 0.15) is 16.4 Å². The van der Waals surface area contributed by atoms with Gasteiger partial charge in [0.1, 0.15) is 5.25 Å². The lowest BCUT2D eigenvalue weighted by atomic mass is 10.00. The van der Waals surface area contributed by atoms with Gasteiger partial charge in [0.2, 0.25) is 5.82 Å². The zero-order valence-electron chi connectivity index (χ0n) is 15.9. The average molecular weight is 430 g/mol. The van der Waals surface area contributed by atoms with Gasteiger partial charge in [0.25, 0.3) is 5.91 Å². The number of nitrogens with zero attached hydrogens (tertiary/aromatic N) is 5. The predicted molar refractivity (Wildman–Crippen MR) is 111 cm³/mol. The monoisotopic (exact) mass is 429 g/mol. The molecule has 150 valence electrons. The first-order valence-corrected chi connectivity index (χ1v) is 10.8. The Hall–Kier alpha value is -2.13. The van der Waals surface area contributed by atoms with E-state index in [0.717, 1.165) is 31.7 Å². The summed E-state index contributed by atoms with van der Waals surface area (Å²) >= 11 is 7.58. The first-order valence-electron chi connectivity index (χ1n) is 9.50. The molecule has 0 aliphatic carbocycles. The van der Waals surface area contributed by atoms with Crippen molar-refractivity contribution in [2.24, 2.45) is 0 Å². The van der Waals surface area contributed by atoms with Crippen LogP contribution in [0, 0.1) is 0 Å². The van der Waals surface area contributed by atoms with E-state index < -0.39 is 0 Å². The number of carbonyl (C=O) groups is 1. The zero-order valence-corrected chi connectivity index (χ0v) is 17.4. The Kier molecular flexibility index (Phi) is 4.95. The summed E-state index contributed by atoms with van der Waals surface area (Å²) in [4.78, 5) is 22.5. The molecule has 7 nitrogen and oxygen atoms in total. The number of hydrogen-bond donors (Lipinski definition) is 0. The molecule has 1 saturated heterocycles. The normalized spacial score (nSPS) is 21.4. The van der Waals surface area contributed by atoms with Crippen molar-refractivity contribution in [3.8, 4) is 11.6 Å². The van der Waals surface area contributed by atoms with Crippen LogP contribution in [-0.4, -0.2) is 68.9 Å². The molecule has 4 heterocycles. The highest BCUT2D eigenvalue weighted by molar-refractivity contribution is 8.00. The number of likely N-dealkylation sites (N-methyl/N-ethyl adjacent to an activating group) is 1. The molecule has 2 aromatic heterocycles. The second kappa shape index (κ2) is 7.60. The summed E-state index contributed by atoms with van der Waals surface area (Å²) in [6.45, 7) is 3.76. The zero-order chi connectivity index (χ0) is 20.0. The molecule has 1 fully saturated rings. The van der Waals surface area contributed by atoms with E-state index in [1.165, 1.54) is 16.4 Å². The van der Waals surface area contributed by atoms with Crippen LogP contribution in [0.3, 0.4) is 0 Å². The second-order valence-electron chi connectivity index (χ2n) is 7.32. The van der Waals surface area contributed by atoms with E-state index in [0.29, 0.717) is 21.8 Å². The number of piperazine rings is 1. The van der Waals surface area contributed by atoms with E-state index in [-0.39, 0.29) is 17.2 Å². The maximum absolute atomic E-state index is 13.3. The summed E-state index contributed by atoms with van der Waals surface area (Å²) in [7, 11) is 2.12. The lowest BCUT2D eigenvalue weighted by Gasteiger charge is -2.39. The molecule has 2 aliphatic rings. The van der Waals surface area contributed by atoms with Crippen LogP contribution in [0.2, 0.25) is 5.02 Å². The van der Waals surface area contributed by atoms with Crippen molar-refractivity contribution in [1.82, 2.24) is 24.6 Å². The molecule has 0 N–H and O–H groups in total. The van der Waals surface area contributed by atoms with Crippen LogP contribution in [0.5, 0.6) is 0 Å². The van der Waals surface area contributed by atoms with Crippen LogP contribution in [-0.2, 0) is 0 Å². The number of fused-ring (bicyclic) bond motifs is 1. The number of benzene rings is 1. The standard InChI is InChI=1S/C20H20ClN5O2S/c1-24-8-10-25(11-9-24)16(13-4-6-14(21)7-5-13)17-19(27)26-20(29-17)22-18(23-26)15-3-2-12-28-15/h2-7,12,16-17H,8-11H2,1H3. The molecule has 29 heavy (non-hydrogen) atoms. The first-order chi connectivity index (χ1) is 14.1. The topological polar surface area (TPSA) is 67.4 Å². The maximum atomic E-state index is 13.3. The predicted octanol–water partition coefficient (Wildman–Crippen LogP) is 3.29. The van der Waals surface area contributed by atoms with Gasteiger partial charge in [-0.3, -0.25) is 9.69 Å². The van der Waals surface area contributed by atoms with E-state index >= 15 is 0 Å². The highest BCUT2D eigenvalue weighted by atomic mass is 35.5. The van der Waals surface area contributed by atoms with Crippen LogP contribution in [0.15, 0.2) is 52.2 Å². The molecule has 9 heteroatoms. The fourth-order valence-corrected chi connectivity index (χ4v) is 5.23. The minimum absolute atomic E-state index is 0.0471. The molecule has 0 saturated carbocycles. The van der Waals surface area contributed by atoms with Crippen molar-refractivity contribution in [2.45, 2.75) is 16.4 Å². The van der Waals surface area contributed by atoms with Gasteiger partial charge in [-0.15, -0.1) is 5.10 Å². The lowest BCUT2D eigenvalue weighted by molar-refractivity contribution is 0.0767. The lowest BCUT2D eigenvalue weighted by Crippen LogP contribution is -2.49. The van der Waals surface area contributed by atoms with Gasteiger partial charge in [0, 0.05) is 31.2 Å². The molecule has 2 atom stereocenters. The highest BCUT2D eigenvalue weighted by Crippen LogP contribution is 2.42. The summed E-state index contributed by atoms with van der Waals surface area (Å²) in [6.07, 6.45) is 1.57. The van der Waals surface area contributed by atoms with Crippen molar-refractivity contribution in [3.63, 3.8) is 0 Å². The number of thioether (sulfide) groups is 1. The molecule has 0 radical (unpaired) electrons. The number of furan rings is 1. The smallest absolute Gasteiger partial charge is 0.264 e. The molecular weight excluding hydrogens is 410 g/mol. The van der Waals surface area contributed by atoms with Gasteiger partial charge in [0.05, 0.1) is 12.3 Å². The van der Waals surface area contributed by atoms with Crippen molar-refractivity contribution >= 4 is 29.3 Å². The Labute approximate surface area is 177 Å². The number of halogens is 1. The van der Waals surface area contributed by atoms with Gasteiger partial charge in [-0.25, -0.2) is 0 Å². The average Bonchev–Trinajstić information content (AvgIpc) is 3.44. The van der Waals surface area contributed by atoms with Gasteiger partial charge in [-0.1, -0.05) is 35.5 Å². The van der Waals surface area contributed by atoms with Gasteiger partial charge in [-0.05, 0) is 36.9 Å². The molecule has 2 aliphatic heterocycles. The second-order valence-corrected chi connectivity index (χ2v) is 8.86. The maximum Gasteiger partial charge on any atom is 0.264 e. The third-order valence-corrected chi connectivity index (χ3v) is 6.87. The minimum atomic E-state index is -0.305. The summed E-state index contributed by atoms with van der Waals surface area (Å²) in [5.74, 6) is 0.950. The summed E-state index contributed by atoms with van der Waals surface area (Å²) in [5, 5.41) is 5.40. The number of carbonyl (C=O) groups excluding carboxylic acids is 1. The third-order valence-electron chi connectivity index (χ3n) is 5.43. The van der Waals surface area contributed by atoms with Crippen LogP contribution in [0.25, 0.3) is 11.6 Å². The molecule has 5 rings (SSSR count). The largest absolute Gasteiger partial charge is 0.461 e. The van der Waals surface area contributed by atoms with Crippen LogP contribution in [0.4, 0.5) is 0 Å².